The molecule has 0 aliphatic rings. The molecule has 8 heteroatoms. The van der Waals surface area contributed by atoms with Gasteiger partial charge in [0.1, 0.15) is 29.8 Å². The van der Waals surface area contributed by atoms with Crippen LogP contribution in [0.3, 0.4) is 0 Å². The largest absolute Gasteiger partial charge is 0.488 e. The minimum absolute atomic E-state index is 0.0444. The molecule has 33 heavy (non-hydrogen) atoms. The first-order valence-electron chi connectivity index (χ1n) is 9.83. The van der Waals surface area contributed by atoms with Gasteiger partial charge in [0.2, 0.25) is 0 Å². The van der Waals surface area contributed by atoms with Gasteiger partial charge in [-0.1, -0.05) is 11.6 Å². The average molecular weight is 472 g/mol. The van der Waals surface area contributed by atoms with Gasteiger partial charge in [0.15, 0.2) is 0 Å². The number of aromatic nitrogens is 1. The molecule has 0 amide bonds. The van der Waals surface area contributed by atoms with Crippen molar-refractivity contribution in [1.82, 2.24) is 4.57 Å². The number of nitrogens with zero attached hydrogens (tertiary/aromatic N) is 1. The molecule has 0 atom stereocenters. The molecule has 0 aliphatic carbocycles. The third-order valence-corrected chi connectivity index (χ3v) is 5.36. The zero-order chi connectivity index (χ0) is 23.7. The lowest BCUT2D eigenvalue weighted by Gasteiger charge is -2.17. The minimum Gasteiger partial charge on any atom is -0.488 e. The first kappa shape index (κ1) is 22.5. The summed E-state index contributed by atoms with van der Waals surface area (Å²) in [5.41, 5.74) is 1.75. The van der Waals surface area contributed by atoms with Crippen LogP contribution in [0.5, 0.6) is 5.75 Å². The van der Waals surface area contributed by atoms with Crippen LogP contribution in [0.4, 0.5) is 13.2 Å². The van der Waals surface area contributed by atoms with Crippen LogP contribution < -0.4 is 4.74 Å². The highest BCUT2D eigenvalue weighted by Crippen LogP contribution is 2.36. The van der Waals surface area contributed by atoms with Gasteiger partial charge in [0.05, 0.1) is 16.9 Å². The Bertz CT molecular complexity index is 1370. The van der Waals surface area contributed by atoms with E-state index < -0.39 is 23.4 Å². The van der Waals surface area contributed by atoms with Crippen LogP contribution in [-0.4, -0.2) is 15.6 Å². The van der Waals surface area contributed by atoms with Crippen molar-refractivity contribution >= 4 is 17.6 Å². The predicted octanol–water partition coefficient (Wildman–Crippen LogP) is 6.80. The fourth-order valence-corrected chi connectivity index (χ4v) is 3.68. The Morgan fingerprint density at radius 2 is 1.76 bits per heavy atom. The molecule has 4 aromatic rings. The highest BCUT2D eigenvalue weighted by Gasteiger charge is 2.19. The Labute approximate surface area is 192 Å². The fourth-order valence-electron chi connectivity index (χ4n) is 3.51. The minimum atomic E-state index is -1.18. The summed E-state index contributed by atoms with van der Waals surface area (Å²) < 4.78 is 49.4. The first-order chi connectivity index (χ1) is 15.7. The molecule has 0 unspecified atom stereocenters. The normalized spacial score (nSPS) is 10.9. The van der Waals surface area contributed by atoms with Gasteiger partial charge in [-0.2, -0.15) is 0 Å². The van der Waals surface area contributed by atoms with E-state index in [2.05, 4.69) is 0 Å². The van der Waals surface area contributed by atoms with Gasteiger partial charge in [-0.25, -0.2) is 18.0 Å². The molecule has 0 radical (unpaired) electrons. The zero-order valence-electron chi connectivity index (χ0n) is 17.3. The van der Waals surface area contributed by atoms with Crippen molar-refractivity contribution in [1.29, 1.82) is 0 Å². The summed E-state index contributed by atoms with van der Waals surface area (Å²) in [5.74, 6) is -2.90. The van der Waals surface area contributed by atoms with Gasteiger partial charge < -0.3 is 14.4 Å². The van der Waals surface area contributed by atoms with Crippen LogP contribution in [0.2, 0.25) is 5.02 Å². The van der Waals surface area contributed by atoms with E-state index in [1.807, 2.05) is 0 Å². The van der Waals surface area contributed by atoms with E-state index in [1.165, 1.54) is 18.2 Å². The van der Waals surface area contributed by atoms with Crippen LogP contribution in [0, 0.1) is 24.4 Å². The molecular formula is C25H17ClF3NO3. The quantitative estimate of drug-likeness (QED) is 0.336. The Kier molecular flexibility index (Phi) is 6.16. The number of aryl methyl sites for hydroxylation is 1. The predicted molar refractivity (Wildman–Crippen MR) is 119 cm³/mol. The maximum absolute atomic E-state index is 14.8. The summed E-state index contributed by atoms with van der Waals surface area (Å²) in [4.78, 5) is 11.4. The molecule has 3 aromatic carbocycles. The number of carboxylic acids is 1. The zero-order valence-corrected chi connectivity index (χ0v) is 18.0. The number of carboxylic acid groups (broad SMARTS) is 1. The van der Waals surface area contributed by atoms with Gasteiger partial charge in [0.25, 0.3) is 0 Å². The van der Waals surface area contributed by atoms with Gasteiger partial charge in [0, 0.05) is 27.9 Å². The average Bonchev–Trinajstić information content (AvgIpc) is 3.15. The Morgan fingerprint density at radius 1 is 0.970 bits per heavy atom. The lowest BCUT2D eigenvalue weighted by Crippen LogP contribution is -2.06. The van der Waals surface area contributed by atoms with Crippen molar-refractivity contribution in [3.05, 3.63) is 106 Å². The van der Waals surface area contributed by atoms with Crippen molar-refractivity contribution in [2.75, 3.05) is 0 Å². The van der Waals surface area contributed by atoms with Crippen LogP contribution in [-0.2, 0) is 6.61 Å². The molecular weight excluding hydrogens is 455 g/mol. The standard InChI is InChI=1S/C25H17ClF3NO3/c1-14-2-8-22(30(14)23-10-15(25(31)32)4-7-20(23)28)19-11-17(26)5-9-24(19)33-13-16-3-6-18(27)12-21(16)29/h2-12H,13H2,1H3,(H,31,32). The van der Waals surface area contributed by atoms with Gasteiger partial charge in [-0.15, -0.1) is 0 Å². The van der Waals surface area contributed by atoms with Crippen molar-refractivity contribution in [3.63, 3.8) is 0 Å². The molecule has 0 spiro atoms. The molecule has 0 bridgehead atoms. The number of carbonyl (C=O) groups is 1. The summed E-state index contributed by atoms with van der Waals surface area (Å²) in [6.07, 6.45) is 0. The number of rotatable bonds is 6. The molecule has 0 saturated heterocycles. The van der Waals surface area contributed by atoms with E-state index >= 15 is 0 Å². The Balaban J connectivity index is 1.79. The molecule has 0 aliphatic heterocycles. The number of benzene rings is 3. The van der Waals surface area contributed by atoms with E-state index in [-0.39, 0.29) is 23.4 Å². The highest BCUT2D eigenvalue weighted by molar-refractivity contribution is 6.31. The first-order valence-corrected chi connectivity index (χ1v) is 10.2. The van der Waals surface area contributed by atoms with Crippen LogP contribution in [0.1, 0.15) is 21.6 Å². The molecule has 0 saturated carbocycles. The third-order valence-electron chi connectivity index (χ3n) is 5.13. The van der Waals surface area contributed by atoms with E-state index in [1.54, 1.807) is 41.8 Å². The van der Waals surface area contributed by atoms with Crippen LogP contribution in [0.15, 0.2) is 66.7 Å². The van der Waals surface area contributed by atoms with E-state index in [4.69, 9.17) is 16.3 Å². The van der Waals surface area contributed by atoms with Crippen molar-refractivity contribution in [3.8, 4) is 22.7 Å². The third kappa shape index (κ3) is 4.59. The molecule has 1 aromatic heterocycles. The number of hydrogen-bond acceptors (Lipinski definition) is 2. The molecule has 1 heterocycles. The lowest BCUT2D eigenvalue weighted by atomic mass is 10.1. The van der Waals surface area contributed by atoms with Crippen LogP contribution >= 0.6 is 11.6 Å². The maximum atomic E-state index is 14.8. The summed E-state index contributed by atoms with van der Waals surface area (Å²) in [6, 6.07) is 15.0. The second kappa shape index (κ2) is 9.03. The summed E-state index contributed by atoms with van der Waals surface area (Å²) in [7, 11) is 0. The highest BCUT2D eigenvalue weighted by atomic mass is 35.5. The number of halogens is 4. The van der Waals surface area contributed by atoms with Crippen molar-refractivity contribution in [2.24, 2.45) is 0 Å². The van der Waals surface area contributed by atoms with Gasteiger partial charge >= 0.3 is 5.97 Å². The van der Waals surface area contributed by atoms with E-state index in [0.717, 1.165) is 18.2 Å². The molecule has 168 valence electrons. The summed E-state index contributed by atoms with van der Waals surface area (Å²) in [6.45, 7) is 1.57. The number of aromatic carboxylic acids is 1. The lowest BCUT2D eigenvalue weighted by molar-refractivity contribution is 0.0696. The van der Waals surface area contributed by atoms with E-state index in [9.17, 15) is 23.1 Å². The Morgan fingerprint density at radius 3 is 2.48 bits per heavy atom. The topological polar surface area (TPSA) is 51.5 Å². The molecule has 4 rings (SSSR count). The van der Waals surface area contributed by atoms with Crippen LogP contribution in [0.25, 0.3) is 16.9 Å². The number of ether oxygens (including phenoxy) is 1. The van der Waals surface area contributed by atoms with E-state index in [0.29, 0.717) is 27.7 Å². The second-order valence-electron chi connectivity index (χ2n) is 7.33. The number of hydrogen-bond donors (Lipinski definition) is 1. The smallest absolute Gasteiger partial charge is 0.335 e. The molecule has 4 nitrogen and oxygen atoms in total. The monoisotopic (exact) mass is 471 g/mol. The summed E-state index contributed by atoms with van der Waals surface area (Å²) >= 11 is 6.21. The SMILES string of the molecule is Cc1ccc(-c2cc(Cl)ccc2OCc2ccc(F)cc2F)n1-c1cc(C(=O)O)ccc1F. The summed E-state index contributed by atoms with van der Waals surface area (Å²) in [5, 5.41) is 9.71. The van der Waals surface area contributed by atoms with Crippen molar-refractivity contribution < 1.29 is 27.8 Å². The molecule has 1 N–H and O–H groups in total. The van der Waals surface area contributed by atoms with Crippen molar-refractivity contribution in [2.45, 2.75) is 13.5 Å². The molecule has 0 fully saturated rings. The maximum Gasteiger partial charge on any atom is 0.335 e. The van der Waals surface area contributed by atoms with Gasteiger partial charge in [-0.05, 0) is 67.6 Å². The van der Waals surface area contributed by atoms with Gasteiger partial charge in [-0.3, -0.25) is 0 Å². The fraction of sp³-hybridized carbons (Fsp3) is 0.0800. The second-order valence-corrected chi connectivity index (χ2v) is 7.77. The Hall–Kier alpha value is -3.71.